The Morgan fingerprint density at radius 2 is 1.82 bits per heavy atom. The molecule has 1 nitrogen and oxygen atoms in total. The van der Waals surface area contributed by atoms with E-state index in [4.69, 9.17) is 0 Å². The van der Waals surface area contributed by atoms with Gasteiger partial charge in [0.1, 0.15) is 0 Å². The van der Waals surface area contributed by atoms with Crippen LogP contribution in [0.2, 0.25) is 0 Å². The van der Waals surface area contributed by atoms with Gasteiger partial charge in [0.05, 0.1) is 0 Å². The first-order chi connectivity index (χ1) is 8.13. The zero-order valence-electron chi connectivity index (χ0n) is 11.4. The number of rotatable bonds is 3. The van der Waals surface area contributed by atoms with Crippen molar-refractivity contribution in [1.82, 2.24) is 0 Å². The predicted octanol–water partition coefficient (Wildman–Crippen LogP) is 4.54. The Morgan fingerprint density at radius 1 is 1.12 bits per heavy atom. The number of nitrogens with one attached hydrogen (secondary N) is 1. The van der Waals surface area contributed by atoms with Crippen molar-refractivity contribution in [3.63, 3.8) is 0 Å². The van der Waals surface area contributed by atoms with Gasteiger partial charge in [-0.1, -0.05) is 25.8 Å². The first-order valence-corrected chi connectivity index (χ1v) is 6.95. The van der Waals surface area contributed by atoms with Crippen LogP contribution in [0.1, 0.15) is 43.7 Å². The quantitative estimate of drug-likeness (QED) is 0.805. The van der Waals surface area contributed by atoms with Gasteiger partial charge >= 0.3 is 0 Å². The first-order valence-electron chi connectivity index (χ1n) is 6.95. The van der Waals surface area contributed by atoms with Gasteiger partial charge in [-0.25, -0.2) is 0 Å². The van der Waals surface area contributed by atoms with Crippen molar-refractivity contribution in [3.8, 4) is 0 Å². The summed E-state index contributed by atoms with van der Waals surface area (Å²) in [5, 5.41) is 3.62. The summed E-state index contributed by atoms with van der Waals surface area (Å²) >= 11 is 0. The summed E-state index contributed by atoms with van der Waals surface area (Å²) in [6.07, 6.45) is 5.65. The lowest BCUT2D eigenvalue weighted by Gasteiger charge is -2.27. The molecule has 2 rings (SSSR count). The van der Waals surface area contributed by atoms with Crippen molar-refractivity contribution in [3.05, 3.63) is 29.3 Å². The van der Waals surface area contributed by atoms with E-state index < -0.39 is 0 Å². The lowest BCUT2D eigenvalue weighted by molar-refractivity contribution is 0.293. The third-order valence-corrected chi connectivity index (χ3v) is 3.86. The highest BCUT2D eigenvalue weighted by atomic mass is 14.9. The highest BCUT2D eigenvalue weighted by Gasteiger charge is 2.18. The van der Waals surface area contributed by atoms with Gasteiger partial charge in [-0.3, -0.25) is 0 Å². The van der Waals surface area contributed by atoms with Crippen LogP contribution in [0.3, 0.4) is 0 Å². The summed E-state index contributed by atoms with van der Waals surface area (Å²) in [4.78, 5) is 0. The fourth-order valence-corrected chi connectivity index (χ4v) is 3.08. The second kappa shape index (κ2) is 5.57. The van der Waals surface area contributed by atoms with Gasteiger partial charge < -0.3 is 5.32 Å². The molecule has 0 bridgehead atoms. The monoisotopic (exact) mass is 231 g/mol. The highest BCUT2D eigenvalue weighted by Crippen LogP contribution is 2.28. The second-order valence-electron chi connectivity index (χ2n) is 5.90. The Balaban J connectivity index is 1.88. The fourth-order valence-electron chi connectivity index (χ4n) is 3.08. The molecule has 17 heavy (non-hydrogen) atoms. The number of hydrogen-bond donors (Lipinski definition) is 1. The molecule has 1 fully saturated rings. The summed E-state index contributed by atoms with van der Waals surface area (Å²) in [7, 11) is 0. The molecule has 0 saturated heterocycles. The molecule has 1 aliphatic carbocycles. The van der Waals surface area contributed by atoms with Gasteiger partial charge in [-0.05, 0) is 61.8 Å². The summed E-state index contributed by atoms with van der Waals surface area (Å²) in [6, 6.07) is 6.73. The van der Waals surface area contributed by atoms with E-state index >= 15 is 0 Å². The van der Waals surface area contributed by atoms with E-state index in [0.29, 0.717) is 0 Å². The molecule has 2 atom stereocenters. The maximum atomic E-state index is 3.62. The van der Waals surface area contributed by atoms with E-state index in [2.05, 4.69) is 44.3 Å². The Labute approximate surface area is 106 Å². The number of aryl methyl sites for hydroxylation is 2. The average Bonchev–Trinajstić information content (AvgIpc) is 2.25. The molecule has 94 valence electrons. The van der Waals surface area contributed by atoms with E-state index in [1.165, 1.54) is 42.5 Å². The third-order valence-electron chi connectivity index (χ3n) is 3.86. The lowest BCUT2D eigenvalue weighted by Crippen LogP contribution is -2.21. The SMILES string of the molecule is Cc1cc(C)cc(NCC2CCCC(C)C2)c1. The van der Waals surface area contributed by atoms with Gasteiger partial charge in [-0.15, -0.1) is 0 Å². The number of benzene rings is 1. The van der Waals surface area contributed by atoms with Crippen LogP contribution in [0.25, 0.3) is 0 Å². The molecule has 1 aromatic rings. The number of anilines is 1. The zero-order valence-corrected chi connectivity index (χ0v) is 11.4. The molecule has 0 spiro atoms. The second-order valence-corrected chi connectivity index (χ2v) is 5.90. The largest absolute Gasteiger partial charge is 0.385 e. The van der Waals surface area contributed by atoms with E-state index in [-0.39, 0.29) is 0 Å². The zero-order chi connectivity index (χ0) is 12.3. The van der Waals surface area contributed by atoms with Crippen molar-refractivity contribution in [2.75, 3.05) is 11.9 Å². The predicted molar refractivity (Wildman–Crippen MR) is 75.5 cm³/mol. The molecular formula is C16H25N. The van der Waals surface area contributed by atoms with Crippen molar-refractivity contribution in [1.29, 1.82) is 0 Å². The maximum Gasteiger partial charge on any atom is 0.0345 e. The van der Waals surface area contributed by atoms with Crippen LogP contribution < -0.4 is 5.32 Å². The molecule has 2 unspecified atom stereocenters. The minimum absolute atomic E-state index is 0.875. The molecule has 1 aromatic carbocycles. The summed E-state index contributed by atoms with van der Waals surface area (Å²) in [6.45, 7) is 7.87. The first kappa shape index (κ1) is 12.5. The van der Waals surface area contributed by atoms with Crippen molar-refractivity contribution < 1.29 is 0 Å². The molecule has 1 N–H and O–H groups in total. The molecular weight excluding hydrogens is 206 g/mol. The summed E-state index contributed by atoms with van der Waals surface area (Å²) in [5.41, 5.74) is 4.00. The van der Waals surface area contributed by atoms with Crippen LogP contribution in [0.15, 0.2) is 18.2 Å². The normalized spacial score (nSPS) is 24.6. The molecule has 0 amide bonds. The Morgan fingerprint density at radius 3 is 2.47 bits per heavy atom. The van der Waals surface area contributed by atoms with Crippen LogP contribution in [0, 0.1) is 25.7 Å². The summed E-state index contributed by atoms with van der Waals surface area (Å²) in [5.74, 6) is 1.80. The van der Waals surface area contributed by atoms with Gasteiger partial charge in [-0.2, -0.15) is 0 Å². The molecule has 1 heteroatoms. The Bertz CT molecular complexity index is 350. The minimum atomic E-state index is 0.875. The number of hydrogen-bond acceptors (Lipinski definition) is 1. The third kappa shape index (κ3) is 3.76. The summed E-state index contributed by atoms with van der Waals surface area (Å²) < 4.78 is 0. The van der Waals surface area contributed by atoms with Gasteiger partial charge in [0.25, 0.3) is 0 Å². The van der Waals surface area contributed by atoms with Crippen molar-refractivity contribution in [2.45, 2.75) is 46.5 Å². The minimum Gasteiger partial charge on any atom is -0.385 e. The maximum absolute atomic E-state index is 3.62. The van der Waals surface area contributed by atoms with Crippen LogP contribution >= 0.6 is 0 Å². The van der Waals surface area contributed by atoms with Gasteiger partial charge in [0.2, 0.25) is 0 Å². The van der Waals surface area contributed by atoms with Gasteiger partial charge in [0, 0.05) is 12.2 Å². The molecule has 0 aliphatic heterocycles. The van der Waals surface area contributed by atoms with Crippen molar-refractivity contribution in [2.24, 2.45) is 11.8 Å². The Kier molecular flexibility index (Phi) is 4.09. The standard InChI is InChI=1S/C16H25N/c1-12-5-4-6-15(8-12)11-17-16-9-13(2)7-14(3)10-16/h7,9-10,12,15,17H,4-6,8,11H2,1-3H3. The van der Waals surface area contributed by atoms with Crippen LogP contribution in [-0.2, 0) is 0 Å². The molecule has 1 saturated carbocycles. The lowest BCUT2D eigenvalue weighted by atomic mass is 9.82. The van der Waals surface area contributed by atoms with Crippen LogP contribution in [0.4, 0.5) is 5.69 Å². The smallest absolute Gasteiger partial charge is 0.0345 e. The van der Waals surface area contributed by atoms with E-state index in [1.54, 1.807) is 0 Å². The van der Waals surface area contributed by atoms with Crippen LogP contribution in [0.5, 0.6) is 0 Å². The van der Waals surface area contributed by atoms with E-state index in [0.717, 1.165) is 18.4 Å². The molecule has 0 heterocycles. The average molecular weight is 231 g/mol. The molecule has 0 aromatic heterocycles. The highest BCUT2D eigenvalue weighted by molar-refractivity contribution is 5.48. The topological polar surface area (TPSA) is 12.0 Å². The van der Waals surface area contributed by atoms with Crippen molar-refractivity contribution >= 4 is 5.69 Å². The van der Waals surface area contributed by atoms with E-state index in [1.807, 2.05) is 0 Å². The molecule has 1 aliphatic rings. The van der Waals surface area contributed by atoms with Crippen LogP contribution in [-0.4, -0.2) is 6.54 Å². The fraction of sp³-hybridized carbons (Fsp3) is 0.625. The van der Waals surface area contributed by atoms with E-state index in [9.17, 15) is 0 Å². The molecule has 0 radical (unpaired) electrons. The van der Waals surface area contributed by atoms with Gasteiger partial charge in [0.15, 0.2) is 0 Å². The Hall–Kier alpha value is -0.980.